The second-order valence-electron chi connectivity index (χ2n) is 4.13. The molecule has 0 atom stereocenters. The molecule has 0 unspecified atom stereocenters. The number of hydrogen-bond donors (Lipinski definition) is 1. The van der Waals surface area contributed by atoms with Gasteiger partial charge in [-0.2, -0.15) is 11.8 Å². The normalized spacial score (nSPS) is 12.0. The van der Waals surface area contributed by atoms with E-state index in [4.69, 9.17) is 0 Å². The van der Waals surface area contributed by atoms with Crippen LogP contribution in [0.15, 0.2) is 0 Å². The van der Waals surface area contributed by atoms with Gasteiger partial charge in [-0.1, -0.05) is 20.3 Å². The summed E-state index contributed by atoms with van der Waals surface area (Å²) < 4.78 is 0. The third kappa shape index (κ3) is 8.63. The van der Waals surface area contributed by atoms with E-state index in [0.29, 0.717) is 5.54 Å². The fourth-order valence-corrected chi connectivity index (χ4v) is 1.88. The zero-order valence-electron chi connectivity index (χ0n) is 9.65. The molecule has 2 heteroatoms. The van der Waals surface area contributed by atoms with E-state index in [1.165, 1.54) is 30.8 Å². The Hall–Kier alpha value is 0.310. The van der Waals surface area contributed by atoms with Gasteiger partial charge >= 0.3 is 0 Å². The number of nitrogens with one attached hydrogen (secondary N) is 1. The largest absolute Gasteiger partial charge is 0.311 e. The minimum Gasteiger partial charge on any atom is -0.311 e. The van der Waals surface area contributed by atoms with Crippen LogP contribution in [0.1, 0.15) is 47.0 Å². The van der Waals surface area contributed by atoms with Gasteiger partial charge in [-0.3, -0.25) is 0 Å². The van der Waals surface area contributed by atoms with Crippen LogP contribution in [0, 0.1) is 0 Å². The van der Waals surface area contributed by atoms with Crippen molar-refractivity contribution in [3.8, 4) is 0 Å². The minimum atomic E-state index is 0.325. The molecule has 0 fully saturated rings. The zero-order chi connectivity index (χ0) is 10.2. The van der Waals surface area contributed by atoms with Crippen LogP contribution in [0.5, 0.6) is 0 Å². The molecular weight excluding hydrogens is 178 g/mol. The Balaban J connectivity index is 3.16. The summed E-state index contributed by atoms with van der Waals surface area (Å²) in [6, 6.07) is 0. The molecule has 0 rings (SSSR count). The van der Waals surface area contributed by atoms with E-state index < -0.39 is 0 Å². The van der Waals surface area contributed by atoms with E-state index in [1.807, 2.05) is 0 Å². The van der Waals surface area contributed by atoms with Gasteiger partial charge in [0.05, 0.1) is 0 Å². The summed E-state index contributed by atoms with van der Waals surface area (Å²) >= 11 is 2.07. The van der Waals surface area contributed by atoms with Crippen molar-refractivity contribution in [1.82, 2.24) is 5.32 Å². The Morgan fingerprint density at radius 3 is 2.38 bits per heavy atom. The fraction of sp³-hybridized carbons (Fsp3) is 1.00. The molecule has 0 aliphatic heterocycles. The van der Waals surface area contributed by atoms with Crippen molar-refractivity contribution < 1.29 is 0 Å². The van der Waals surface area contributed by atoms with Gasteiger partial charge in [0.2, 0.25) is 0 Å². The third-order valence-electron chi connectivity index (χ3n) is 2.38. The summed E-state index contributed by atoms with van der Waals surface area (Å²) in [4.78, 5) is 0. The lowest BCUT2D eigenvalue weighted by Gasteiger charge is -2.24. The average molecular weight is 203 g/mol. The summed E-state index contributed by atoms with van der Waals surface area (Å²) in [6.45, 7) is 10.2. The Morgan fingerprint density at radius 1 is 1.15 bits per heavy atom. The van der Waals surface area contributed by atoms with Crippen molar-refractivity contribution in [3.63, 3.8) is 0 Å². The predicted octanol–water partition coefficient (Wildman–Crippen LogP) is 3.30. The molecule has 13 heavy (non-hydrogen) atoms. The third-order valence-corrected chi connectivity index (χ3v) is 3.45. The number of hydrogen-bond acceptors (Lipinski definition) is 2. The molecule has 0 amide bonds. The van der Waals surface area contributed by atoms with Crippen molar-refractivity contribution in [2.75, 3.05) is 18.1 Å². The van der Waals surface area contributed by atoms with E-state index in [2.05, 4.69) is 44.8 Å². The highest BCUT2D eigenvalue weighted by Gasteiger charge is 2.12. The van der Waals surface area contributed by atoms with Crippen LogP contribution in [-0.4, -0.2) is 23.6 Å². The van der Waals surface area contributed by atoms with Gasteiger partial charge in [0.15, 0.2) is 0 Å². The summed E-state index contributed by atoms with van der Waals surface area (Å²) in [6.07, 6.45) is 3.88. The van der Waals surface area contributed by atoms with E-state index in [1.54, 1.807) is 0 Å². The van der Waals surface area contributed by atoms with Crippen molar-refractivity contribution in [2.24, 2.45) is 0 Å². The van der Waals surface area contributed by atoms with Crippen LogP contribution in [0.2, 0.25) is 0 Å². The maximum Gasteiger partial charge on any atom is 0.0122 e. The van der Waals surface area contributed by atoms with Gasteiger partial charge in [0.25, 0.3) is 0 Å². The zero-order valence-corrected chi connectivity index (χ0v) is 10.5. The molecule has 0 spiro atoms. The first-order valence-electron chi connectivity index (χ1n) is 5.45. The SMILES string of the molecule is CCCCSCCNC(C)(C)CC. The highest BCUT2D eigenvalue weighted by atomic mass is 32.2. The first kappa shape index (κ1) is 13.3. The van der Waals surface area contributed by atoms with Crippen molar-refractivity contribution in [1.29, 1.82) is 0 Å². The Labute approximate surface area is 88.1 Å². The second-order valence-corrected chi connectivity index (χ2v) is 5.35. The minimum absolute atomic E-state index is 0.325. The Kier molecular flexibility index (Phi) is 7.87. The molecule has 0 aliphatic rings. The van der Waals surface area contributed by atoms with Crippen LogP contribution in [0.4, 0.5) is 0 Å². The van der Waals surface area contributed by atoms with Crippen molar-refractivity contribution >= 4 is 11.8 Å². The topological polar surface area (TPSA) is 12.0 Å². The van der Waals surface area contributed by atoms with E-state index in [9.17, 15) is 0 Å². The average Bonchev–Trinajstić information content (AvgIpc) is 2.11. The first-order chi connectivity index (χ1) is 6.12. The number of unbranched alkanes of at least 4 members (excludes halogenated alkanes) is 1. The molecule has 0 aromatic heterocycles. The maximum atomic E-state index is 3.56. The molecule has 1 N–H and O–H groups in total. The van der Waals surface area contributed by atoms with Crippen molar-refractivity contribution in [3.05, 3.63) is 0 Å². The number of thioether (sulfide) groups is 1. The Bertz CT molecular complexity index is 113. The molecule has 0 aliphatic carbocycles. The molecular formula is C11H25NS. The predicted molar refractivity (Wildman–Crippen MR) is 64.6 cm³/mol. The Morgan fingerprint density at radius 2 is 1.85 bits per heavy atom. The maximum absolute atomic E-state index is 3.56. The van der Waals surface area contributed by atoms with Gasteiger partial charge in [-0.25, -0.2) is 0 Å². The van der Waals surface area contributed by atoms with Gasteiger partial charge < -0.3 is 5.32 Å². The van der Waals surface area contributed by atoms with Gasteiger partial charge in [0.1, 0.15) is 0 Å². The molecule has 0 saturated heterocycles. The van der Waals surface area contributed by atoms with E-state index in [-0.39, 0.29) is 0 Å². The van der Waals surface area contributed by atoms with Crippen LogP contribution >= 0.6 is 11.8 Å². The van der Waals surface area contributed by atoms with Crippen molar-refractivity contribution in [2.45, 2.75) is 52.5 Å². The highest BCUT2D eigenvalue weighted by molar-refractivity contribution is 7.99. The molecule has 0 heterocycles. The van der Waals surface area contributed by atoms with Crippen LogP contribution in [-0.2, 0) is 0 Å². The smallest absolute Gasteiger partial charge is 0.0122 e. The lowest BCUT2D eigenvalue weighted by Crippen LogP contribution is -2.39. The lowest BCUT2D eigenvalue weighted by molar-refractivity contribution is 0.388. The summed E-state index contributed by atoms with van der Waals surface area (Å²) in [7, 11) is 0. The van der Waals surface area contributed by atoms with Crippen LogP contribution in [0.25, 0.3) is 0 Å². The molecule has 0 aromatic carbocycles. The highest BCUT2D eigenvalue weighted by Crippen LogP contribution is 2.08. The standard InChI is InChI=1S/C11H25NS/c1-5-7-9-13-10-8-12-11(3,4)6-2/h12H,5-10H2,1-4H3. The van der Waals surface area contributed by atoms with E-state index in [0.717, 1.165) is 6.54 Å². The molecule has 1 nitrogen and oxygen atoms in total. The monoisotopic (exact) mass is 203 g/mol. The lowest BCUT2D eigenvalue weighted by atomic mass is 10.0. The molecule has 80 valence electrons. The number of rotatable bonds is 8. The molecule has 0 bridgehead atoms. The quantitative estimate of drug-likeness (QED) is 0.608. The molecule has 0 saturated carbocycles. The second kappa shape index (κ2) is 7.69. The first-order valence-corrected chi connectivity index (χ1v) is 6.60. The van der Waals surface area contributed by atoms with Gasteiger partial charge in [-0.05, 0) is 32.4 Å². The molecule has 0 radical (unpaired) electrons. The summed E-state index contributed by atoms with van der Waals surface area (Å²) in [5, 5.41) is 3.56. The fourth-order valence-electron chi connectivity index (χ4n) is 0.935. The molecule has 0 aromatic rings. The summed E-state index contributed by atoms with van der Waals surface area (Å²) in [5.74, 6) is 2.58. The van der Waals surface area contributed by atoms with Gasteiger partial charge in [-0.15, -0.1) is 0 Å². The van der Waals surface area contributed by atoms with Gasteiger partial charge in [0, 0.05) is 17.8 Å². The van der Waals surface area contributed by atoms with Crippen LogP contribution < -0.4 is 5.32 Å². The van der Waals surface area contributed by atoms with E-state index >= 15 is 0 Å². The summed E-state index contributed by atoms with van der Waals surface area (Å²) in [5.41, 5.74) is 0.325. The van der Waals surface area contributed by atoms with Crippen LogP contribution in [0.3, 0.4) is 0 Å².